The lowest BCUT2D eigenvalue weighted by Crippen LogP contribution is -2.48. The normalized spacial score (nSPS) is 16.9. The van der Waals surface area contributed by atoms with Gasteiger partial charge in [0.05, 0.1) is 6.20 Å². The highest BCUT2D eigenvalue weighted by molar-refractivity contribution is 5.73. The Morgan fingerprint density at radius 2 is 2.07 bits per heavy atom. The predicted molar refractivity (Wildman–Crippen MR) is 55.7 cm³/mol. The number of piperazine rings is 1. The van der Waals surface area contributed by atoms with E-state index in [9.17, 15) is 4.79 Å². The van der Waals surface area contributed by atoms with Gasteiger partial charge in [-0.2, -0.15) is 0 Å². The second-order valence-electron chi connectivity index (χ2n) is 3.71. The summed E-state index contributed by atoms with van der Waals surface area (Å²) in [6, 6.07) is 0. The number of anilines is 1. The van der Waals surface area contributed by atoms with Crippen molar-refractivity contribution in [2.45, 2.75) is 13.8 Å². The SMILES string of the molecule is CC(=O)N1CCN(c2cnc(C)o2)CC1. The molecule has 0 unspecified atom stereocenters. The van der Waals surface area contributed by atoms with Crippen LogP contribution in [0.1, 0.15) is 12.8 Å². The summed E-state index contributed by atoms with van der Waals surface area (Å²) in [4.78, 5) is 19.1. The first-order valence-corrected chi connectivity index (χ1v) is 5.09. The highest BCUT2D eigenvalue weighted by Crippen LogP contribution is 2.17. The zero-order chi connectivity index (χ0) is 10.8. The van der Waals surface area contributed by atoms with E-state index in [0.717, 1.165) is 32.1 Å². The molecule has 5 heteroatoms. The van der Waals surface area contributed by atoms with Crippen LogP contribution >= 0.6 is 0 Å². The van der Waals surface area contributed by atoms with Crippen molar-refractivity contribution in [2.24, 2.45) is 0 Å². The number of aromatic nitrogens is 1. The van der Waals surface area contributed by atoms with Crippen molar-refractivity contribution in [3.8, 4) is 0 Å². The van der Waals surface area contributed by atoms with Gasteiger partial charge < -0.3 is 14.2 Å². The first-order chi connectivity index (χ1) is 7.16. The van der Waals surface area contributed by atoms with Gasteiger partial charge in [-0.15, -0.1) is 0 Å². The van der Waals surface area contributed by atoms with Crippen molar-refractivity contribution < 1.29 is 9.21 Å². The molecule has 1 fully saturated rings. The molecule has 2 rings (SSSR count). The third kappa shape index (κ3) is 2.11. The molecule has 0 saturated carbocycles. The Balaban J connectivity index is 1.96. The van der Waals surface area contributed by atoms with Crippen LogP contribution in [0, 0.1) is 6.92 Å². The molecule has 2 heterocycles. The minimum atomic E-state index is 0.142. The molecular weight excluding hydrogens is 194 g/mol. The molecule has 1 aromatic heterocycles. The molecule has 0 atom stereocenters. The van der Waals surface area contributed by atoms with E-state index in [1.54, 1.807) is 13.1 Å². The van der Waals surface area contributed by atoms with Crippen molar-refractivity contribution in [3.05, 3.63) is 12.1 Å². The average Bonchev–Trinajstić information content (AvgIpc) is 2.65. The van der Waals surface area contributed by atoms with Crippen LogP contribution in [0.5, 0.6) is 0 Å². The molecule has 0 aromatic carbocycles. The maximum Gasteiger partial charge on any atom is 0.219 e. The fourth-order valence-corrected chi connectivity index (χ4v) is 1.74. The summed E-state index contributed by atoms with van der Waals surface area (Å²) in [6.45, 7) is 6.58. The summed E-state index contributed by atoms with van der Waals surface area (Å²) in [7, 11) is 0. The largest absolute Gasteiger partial charge is 0.425 e. The van der Waals surface area contributed by atoms with Crippen LogP contribution in [0.15, 0.2) is 10.6 Å². The molecular formula is C10H15N3O2. The van der Waals surface area contributed by atoms with E-state index in [2.05, 4.69) is 9.88 Å². The summed E-state index contributed by atoms with van der Waals surface area (Å²) in [5, 5.41) is 0. The minimum Gasteiger partial charge on any atom is -0.425 e. The third-order valence-electron chi connectivity index (χ3n) is 2.65. The topological polar surface area (TPSA) is 49.6 Å². The van der Waals surface area contributed by atoms with Crippen LogP contribution in [0.25, 0.3) is 0 Å². The second kappa shape index (κ2) is 3.92. The molecule has 0 N–H and O–H groups in total. The molecule has 15 heavy (non-hydrogen) atoms. The number of nitrogens with zero attached hydrogens (tertiary/aromatic N) is 3. The maximum atomic E-state index is 11.1. The third-order valence-corrected chi connectivity index (χ3v) is 2.65. The van der Waals surface area contributed by atoms with Crippen LogP contribution < -0.4 is 4.90 Å². The van der Waals surface area contributed by atoms with Gasteiger partial charge >= 0.3 is 0 Å². The number of aryl methyl sites for hydroxylation is 1. The van der Waals surface area contributed by atoms with Gasteiger partial charge in [0.1, 0.15) is 0 Å². The predicted octanol–water partition coefficient (Wildman–Crippen LogP) is 0.652. The zero-order valence-corrected chi connectivity index (χ0v) is 9.06. The Kier molecular flexibility index (Phi) is 2.62. The average molecular weight is 209 g/mol. The maximum absolute atomic E-state index is 11.1. The lowest BCUT2D eigenvalue weighted by molar-refractivity contribution is -0.129. The highest BCUT2D eigenvalue weighted by Gasteiger charge is 2.20. The van der Waals surface area contributed by atoms with Crippen molar-refractivity contribution in [1.82, 2.24) is 9.88 Å². The smallest absolute Gasteiger partial charge is 0.219 e. The Morgan fingerprint density at radius 1 is 1.40 bits per heavy atom. The monoisotopic (exact) mass is 209 g/mol. The Hall–Kier alpha value is -1.52. The van der Waals surface area contributed by atoms with Crippen molar-refractivity contribution in [3.63, 3.8) is 0 Å². The molecule has 5 nitrogen and oxygen atoms in total. The highest BCUT2D eigenvalue weighted by atomic mass is 16.4. The lowest BCUT2D eigenvalue weighted by atomic mass is 10.3. The summed E-state index contributed by atoms with van der Waals surface area (Å²) in [5.74, 6) is 1.62. The first kappa shape index (κ1) is 10.0. The van der Waals surface area contributed by atoms with E-state index < -0.39 is 0 Å². The molecule has 1 aliphatic rings. The number of rotatable bonds is 1. The van der Waals surface area contributed by atoms with E-state index in [0.29, 0.717) is 5.89 Å². The number of carbonyl (C=O) groups excluding carboxylic acids is 1. The molecule has 0 aliphatic carbocycles. The molecule has 1 amide bonds. The van der Waals surface area contributed by atoms with Gasteiger partial charge in [-0.05, 0) is 0 Å². The molecule has 0 spiro atoms. The molecule has 0 radical (unpaired) electrons. The van der Waals surface area contributed by atoms with Gasteiger partial charge in [-0.1, -0.05) is 0 Å². The van der Waals surface area contributed by atoms with Crippen LogP contribution in [-0.2, 0) is 4.79 Å². The fraction of sp³-hybridized carbons (Fsp3) is 0.600. The van der Waals surface area contributed by atoms with Crippen LogP contribution in [0.3, 0.4) is 0 Å². The van der Waals surface area contributed by atoms with Gasteiger partial charge in [0.15, 0.2) is 5.89 Å². The Morgan fingerprint density at radius 3 is 2.53 bits per heavy atom. The number of oxazole rings is 1. The van der Waals surface area contributed by atoms with Crippen molar-refractivity contribution in [2.75, 3.05) is 31.1 Å². The number of amides is 1. The van der Waals surface area contributed by atoms with Gasteiger partial charge in [0, 0.05) is 40.0 Å². The number of hydrogen-bond acceptors (Lipinski definition) is 4. The van der Waals surface area contributed by atoms with Crippen LogP contribution in [0.2, 0.25) is 0 Å². The van der Waals surface area contributed by atoms with Crippen molar-refractivity contribution >= 4 is 11.8 Å². The Labute approximate surface area is 88.7 Å². The van der Waals surface area contributed by atoms with E-state index in [1.807, 2.05) is 11.8 Å². The first-order valence-electron chi connectivity index (χ1n) is 5.09. The molecule has 1 aromatic rings. The minimum absolute atomic E-state index is 0.142. The van der Waals surface area contributed by atoms with Gasteiger partial charge in [-0.3, -0.25) is 4.79 Å². The molecule has 82 valence electrons. The quantitative estimate of drug-likeness (QED) is 0.681. The molecule has 1 aliphatic heterocycles. The van der Waals surface area contributed by atoms with E-state index in [1.165, 1.54) is 0 Å². The van der Waals surface area contributed by atoms with Crippen molar-refractivity contribution in [1.29, 1.82) is 0 Å². The zero-order valence-electron chi connectivity index (χ0n) is 9.06. The van der Waals surface area contributed by atoms with Crippen LogP contribution in [0.4, 0.5) is 5.88 Å². The van der Waals surface area contributed by atoms with E-state index >= 15 is 0 Å². The number of hydrogen-bond donors (Lipinski definition) is 0. The standard InChI is InChI=1S/C10H15N3O2/c1-8-11-7-10(15-8)13-5-3-12(4-6-13)9(2)14/h7H,3-6H2,1-2H3. The summed E-state index contributed by atoms with van der Waals surface area (Å²) in [6.07, 6.45) is 1.73. The van der Waals surface area contributed by atoms with Gasteiger partial charge in [0.25, 0.3) is 0 Å². The van der Waals surface area contributed by atoms with E-state index in [-0.39, 0.29) is 5.91 Å². The summed E-state index contributed by atoms with van der Waals surface area (Å²) < 4.78 is 5.43. The lowest BCUT2D eigenvalue weighted by Gasteiger charge is -2.33. The summed E-state index contributed by atoms with van der Waals surface area (Å²) in [5.41, 5.74) is 0. The van der Waals surface area contributed by atoms with E-state index in [4.69, 9.17) is 4.42 Å². The summed E-state index contributed by atoms with van der Waals surface area (Å²) >= 11 is 0. The second-order valence-corrected chi connectivity index (χ2v) is 3.71. The Bertz CT molecular complexity index is 353. The number of carbonyl (C=O) groups is 1. The fourth-order valence-electron chi connectivity index (χ4n) is 1.74. The van der Waals surface area contributed by atoms with Crippen LogP contribution in [-0.4, -0.2) is 42.0 Å². The van der Waals surface area contributed by atoms with Gasteiger partial charge in [-0.25, -0.2) is 4.98 Å². The van der Waals surface area contributed by atoms with Gasteiger partial charge in [0.2, 0.25) is 11.8 Å². The molecule has 1 saturated heterocycles. The molecule has 0 bridgehead atoms.